The van der Waals surface area contributed by atoms with Gasteiger partial charge in [-0.25, -0.2) is 13.4 Å². The van der Waals surface area contributed by atoms with Crippen molar-refractivity contribution in [2.75, 3.05) is 7.05 Å². The molecule has 2 aliphatic rings. The third-order valence-electron chi connectivity index (χ3n) is 5.75. The number of sulfonamides is 1. The Bertz CT molecular complexity index is 845. The van der Waals surface area contributed by atoms with Crippen LogP contribution in [0.15, 0.2) is 41.6 Å². The third-order valence-corrected chi connectivity index (χ3v) is 7.63. The zero-order valence-electron chi connectivity index (χ0n) is 14.6. The molecule has 6 heteroatoms. The van der Waals surface area contributed by atoms with Crippen LogP contribution in [0.4, 0.5) is 0 Å². The number of likely N-dealkylation sites (N-methyl/N-ethyl adjacent to an activating group) is 1. The topological polar surface area (TPSA) is 55.2 Å². The van der Waals surface area contributed by atoms with Gasteiger partial charge in [0.2, 0.25) is 0 Å². The predicted molar refractivity (Wildman–Crippen MR) is 96.9 cm³/mol. The van der Waals surface area contributed by atoms with Gasteiger partial charge >= 0.3 is 0 Å². The lowest BCUT2D eigenvalue weighted by molar-refractivity contribution is 0.250. The molecule has 0 saturated heterocycles. The Morgan fingerprint density at radius 3 is 2.68 bits per heavy atom. The smallest absolute Gasteiger partial charge is 0.260 e. The van der Waals surface area contributed by atoms with Gasteiger partial charge in [-0.15, -0.1) is 0 Å². The Kier molecular flexibility index (Phi) is 4.41. The van der Waals surface area contributed by atoms with Crippen molar-refractivity contribution in [2.45, 2.75) is 62.1 Å². The monoisotopic (exact) mass is 359 g/mol. The van der Waals surface area contributed by atoms with Gasteiger partial charge in [-0.05, 0) is 24.8 Å². The average Bonchev–Trinajstić information content (AvgIpc) is 3.25. The molecular weight excluding hydrogens is 334 g/mol. The molecular formula is C19H25N3O2S. The normalized spacial score (nSPS) is 23.8. The summed E-state index contributed by atoms with van der Waals surface area (Å²) >= 11 is 0. The van der Waals surface area contributed by atoms with Crippen LogP contribution in [0.2, 0.25) is 0 Å². The van der Waals surface area contributed by atoms with Gasteiger partial charge in [-0.2, -0.15) is 4.31 Å². The summed E-state index contributed by atoms with van der Waals surface area (Å²) < 4.78 is 30.1. The standard InChI is InChI=1S/C19H25N3O2S/c1-21(25(23,24)19-14-20-18-12-7-13-22(18)19)17-11-6-5-10-16(17)15-8-3-2-4-9-15/h2-4,8-9,14,16-17H,5-7,10-13H2,1H3. The second-order valence-corrected chi connectivity index (χ2v) is 9.10. The number of hydrogen-bond acceptors (Lipinski definition) is 3. The molecule has 0 bridgehead atoms. The van der Waals surface area contributed by atoms with Gasteiger partial charge in [0.1, 0.15) is 5.82 Å². The van der Waals surface area contributed by atoms with Crippen LogP contribution in [0.5, 0.6) is 0 Å². The summed E-state index contributed by atoms with van der Waals surface area (Å²) in [6, 6.07) is 10.4. The van der Waals surface area contributed by atoms with E-state index in [0.717, 1.165) is 50.9 Å². The van der Waals surface area contributed by atoms with Crippen LogP contribution in [0.3, 0.4) is 0 Å². The van der Waals surface area contributed by atoms with Crippen molar-refractivity contribution in [3.8, 4) is 0 Å². The highest BCUT2D eigenvalue weighted by Gasteiger charge is 2.38. The van der Waals surface area contributed by atoms with Gasteiger partial charge in [0.15, 0.2) is 5.03 Å². The van der Waals surface area contributed by atoms with Gasteiger partial charge in [-0.1, -0.05) is 43.2 Å². The molecule has 1 saturated carbocycles. The summed E-state index contributed by atoms with van der Waals surface area (Å²) in [5, 5.41) is 0.361. The van der Waals surface area contributed by atoms with Crippen LogP contribution >= 0.6 is 0 Å². The minimum atomic E-state index is -3.53. The second-order valence-electron chi connectivity index (χ2n) is 7.16. The Morgan fingerprint density at radius 1 is 1.12 bits per heavy atom. The van der Waals surface area contributed by atoms with Gasteiger partial charge in [0.25, 0.3) is 10.0 Å². The fraction of sp³-hybridized carbons (Fsp3) is 0.526. The Labute approximate surface area is 149 Å². The van der Waals surface area contributed by atoms with E-state index >= 15 is 0 Å². The number of aromatic nitrogens is 2. The average molecular weight is 359 g/mol. The minimum absolute atomic E-state index is 0.00806. The Hall–Kier alpha value is -1.66. The maximum absolute atomic E-state index is 13.3. The van der Waals surface area contributed by atoms with Crippen LogP contribution in [0.1, 0.15) is 49.4 Å². The zero-order chi connectivity index (χ0) is 17.4. The van der Waals surface area contributed by atoms with Crippen molar-refractivity contribution < 1.29 is 8.42 Å². The van der Waals surface area contributed by atoms with Gasteiger partial charge < -0.3 is 4.57 Å². The molecule has 2 unspecified atom stereocenters. The van der Waals surface area contributed by atoms with Crippen molar-refractivity contribution in [3.63, 3.8) is 0 Å². The summed E-state index contributed by atoms with van der Waals surface area (Å²) in [5.74, 6) is 1.16. The first-order valence-electron chi connectivity index (χ1n) is 9.16. The van der Waals surface area contributed by atoms with E-state index in [2.05, 4.69) is 17.1 Å². The maximum Gasteiger partial charge on any atom is 0.260 e. The molecule has 134 valence electrons. The number of fused-ring (bicyclic) bond motifs is 1. The molecule has 5 nitrogen and oxygen atoms in total. The maximum atomic E-state index is 13.3. The number of aryl methyl sites for hydroxylation is 1. The van der Waals surface area contributed by atoms with Crippen molar-refractivity contribution in [2.24, 2.45) is 0 Å². The van der Waals surface area contributed by atoms with E-state index in [4.69, 9.17) is 0 Å². The molecule has 1 aliphatic carbocycles. The molecule has 0 N–H and O–H groups in total. The number of hydrogen-bond donors (Lipinski definition) is 0. The molecule has 0 spiro atoms. The molecule has 0 amide bonds. The third kappa shape index (κ3) is 2.91. The summed E-state index contributed by atoms with van der Waals surface area (Å²) in [4.78, 5) is 4.32. The molecule has 2 atom stereocenters. The highest BCUT2D eigenvalue weighted by molar-refractivity contribution is 7.89. The van der Waals surface area contributed by atoms with Crippen LogP contribution in [0, 0.1) is 0 Å². The lowest BCUT2D eigenvalue weighted by Gasteiger charge is -2.37. The van der Waals surface area contributed by atoms with Gasteiger partial charge in [-0.3, -0.25) is 0 Å². The van der Waals surface area contributed by atoms with Crippen molar-refractivity contribution >= 4 is 10.0 Å². The summed E-state index contributed by atoms with van der Waals surface area (Å²) in [5.41, 5.74) is 1.24. The Morgan fingerprint density at radius 2 is 1.88 bits per heavy atom. The molecule has 25 heavy (non-hydrogen) atoms. The van der Waals surface area contributed by atoms with Crippen LogP contribution in [-0.2, 0) is 23.0 Å². The lowest BCUT2D eigenvalue weighted by atomic mass is 9.80. The summed E-state index contributed by atoms with van der Waals surface area (Å²) in [7, 11) is -1.78. The molecule has 4 rings (SSSR count). The van der Waals surface area contributed by atoms with E-state index < -0.39 is 10.0 Å². The van der Waals surface area contributed by atoms with E-state index in [-0.39, 0.29) is 12.0 Å². The molecule has 1 aromatic heterocycles. The number of benzene rings is 1. The van der Waals surface area contributed by atoms with Crippen molar-refractivity contribution in [1.29, 1.82) is 0 Å². The van der Waals surface area contributed by atoms with Crippen molar-refractivity contribution in [1.82, 2.24) is 13.9 Å². The predicted octanol–water partition coefficient (Wildman–Crippen LogP) is 3.18. The Balaban J connectivity index is 1.67. The van der Waals surface area contributed by atoms with E-state index in [1.807, 2.05) is 22.8 Å². The molecule has 1 aliphatic heterocycles. The van der Waals surface area contributed by atoms with Crippen LogP contribution in [-0.4, -0.2) is 35.4 Å². The fourth-order valence-corrected chi connectivity index (χ4v) is 5.96. The van der Waals surface area contributed by atoms with E-state index in [1.54, 1.807) is 17.5 Å². The second kappa shape index (κ2) is 6.57. The van der Waals surface area contributed by atoms with Gasteiger partial charge in [0, 0.05) is 32.0 Å². The van der Waals surface area contributed by atoms with E-state index in [0.29, 0.717) is 5.03 Å². The SMILES string of the molecule is CN(C1CCCCC1c1ccccc1)S(=O)(=O)c1cnc2n1CCC2. The minimum Gasteiger partial charge on any atom is -0.318 e. The summed E-state index contributed by atoms with van der Waals surface area (Å²) in [6.07, 6.45) is 7.58. The first-order chi connectivity index (χ1) is 12.1. The first kappa shape index (κ1) is 16.8. The largest absolute Gasteiger partial charge is 0.318 e. The van der Waals surface area contributed by atoms with E-state index in [1.165, 1.54) is 5.56 Å². The molecule has 1 fully saturated rings. The fourth-order valence-electron chi connectivity index (χ4n) is 4.40. The first-order valence-corrected chi connectivity index (χ1v) is 10.6. The van der Waals surface area contributed by atoms with Crippen molar-refractivity contribution in [3.05, 3.63) is 47.9 Å². The van der Waals surface area contributed by atoms with Crippen LogP contribution < -0.4 is 0 Å². The summed E-state index contributed by atoms with van der Waals surface area (Å²) in [6.45, 7) is 0.754. The quantitative estimate of drug-likeness (QED) is 0.842. The van der Waals surface area contributed by atoms with Gasteiger partial charge in [0.05, 0.1) is 6.20 Å². The number of rotatable bonds is 4. The number of nitrogens with zero attached hydrogens (tertiary/aromatic N) is 3. The molecule has 0 radical (unpaired) electrons. The molecule has 1 aromatic carbocycles. The molecule has 2 heterocycles. The molecule has 2 aromatic rings. The number of imidazole rings is 1. The zero-order valence-corrected chi connectivity index (χ0v) is 15.5. The lowest BCUT2D eigenvalue weighted by Crippen LogP contribution is -2.43. The van der Waals surface area contributed by atoms with Crippen LogP contribution in [0.25, 0.3) is 0 Å². The highest BCUT2D eigenvalue weighted by Crippen LogP contribution is 2.38. The highest BCUT2D eigenvalue weighted by atomic mass is 32.2. The van der Waals surface area contributed by atoms with E-state index in [9.17, 15) is 8.42 Å².